The summed E-state index contributed by atoms with van der Waals surface area (Å²) in [6, 6.07) is 2.99. The minimum Gasteiger partial charge on any atom is -0.485 e. The number of rotatable bonds is 4. The third-order valence-corrected chi connectivity index (χ3v) is 6.34. The van der Waals surface area contributed by atoms with Crippen molar-refractivity contribution in [3.63, 3.8) is 0 Å². The van der Waals surface area contributed by atoms with E-state index in [1.165, 1.54) is 50.7 Å². The number of hydrogen-bond donors (Lipinski definition) is 0. The number of ether oxygens (including phenoxy) is 1. The molecule has 1 aromatic rings. The second kappa shape index (κ2) is 8.05. The van der Waals surface area contributed by atoms with Gasteiger partial charge in [0.05, 0.1) is 6.10 Å². The SMILES string of the molecule is CC1CCC(C2CCC(c3cc(F)c(OC(C)C)c(F)c3)CC2)CC1.[2HH]. The van der Waals surface area contributed by atoms with Crippen molar-refractivity contribution < 1.29 is 14.9 Å². The van der Waals surface area contributed by atoms with Gasteiger partial charge in [0, 0.05) is 1.43 Å². The molecule has 142 valence electrons. The summed E-state index contributed by atoms with van der Waals surface area (Å²) in [7, 11) is 0. The fraction of sp³-hybridized carbons (Fsp3) is 0.727. The zero-order valence-electron chi connectivity index (χ0n) is 15.9. The second-order valence-electron chi connectivity index (χ2n) is 8.61. The van der Waals surface area contributed by atoms with E-state index in [-0.39, 0.29) is 19.2 Å². The molecule has 1 aromatic carbocycles. The van der Waals surface area contributed by atoms with Gasteiger partial charge in [0.25, 0.3) is 0 Å². The lowest BCUT2D eigenvalue weighted by Crippen LogP contribution is -2.24. The van der Waals surface area contributed by atoms with Gasteiger partial charge in [-0.05, 0) is 93.7 Å². The van der Waals surface area contributed by atoms with Crippen molar-refractivity contribution in [3.05, 3.63) is 29.3 Å². The van der Waals surface area contributed by atoms with Gasteiger partial charge in [0.15, 0.2) is 17.4 Å². The molecule has 0 bridgehead atoms. The molecule has 0 heterocycles. The van der Waals surface area contributed by atoms with Crippen molar-refractivity contribution in [2.24, 2.45) is 17.8 Å². The minimum atomic E-state index is -0.563. The first-order chi connectivity index (χ1) is 11.9. The van der Waals surface area contributed by atoms with E-state index in [0.29, 0.717) is 0 Å². The molecule has 2 fully saturated rings. The highest BCUT2D eigenvalue weighted by Crippen LogP contribution is 2.44. The average Bonchev–Trinajstić information content (AvgIpc) is 2.59. The molecule has 1 nitrogen and oxygen atoms in total. The molecule has 0 unspecified atom stereocenters. The maximum atomic E-state index is 14.3. The first-order valence-electron chi connectivity index (χ1n) is 10.1. The summed E-state index contributed by atoms with van der Waals surface area (Å²) < 4.78 is 33.8. The van der Waals surface area contributed by atoms with E-state index in [4.69, 9.17) is 4.74 Å². The lowest BCUT2D eigenvalue weighted by molar-refractivity contribution is 0.165. The van der Waals surface area contributed by atoms with Gasteiger partial charge in [0.1, 0.15) is 0 Å². The summed E-state index contributed by atoms with van der Waals surface area (Å²) in [6.07, 6.45) is 9.79. The highest BCUT2D eigenvalue weighted by molar-refractivity contribution is 5.33. The molecule has 0 atom stereocenters. The Morgan fingerprint density at radius 1 is 0.880 bits per heavy atom. The molecule has 0 saturated heterocycles. The molecule has 3 heteroatoms. The quantitative estimate of drug-likeness (QED) is 0.561. The Labute approximate surface area is 152 Å². The van der Waals surface area contributed by atoms with Gasteiger partial charge in [-0.1, -0.05) is 19.8 Å². The molecule has 3 rings (SSSR count). The Bertz CT molecular complexity index is 551. The molecule has 0 spiro atoms. The third kappa shape index (κ3) is 4.54. The van der Waals surface area contributed by atoms with Crippen LogP contribution in [0.25, 0.3) is 0 Å². The molecule has 0 N–H and O–H groups in total. The van der Waals surface area contributed by atoms with Crippen LogP contribution in [-0.4, -0.2) is 6.10 Å². The summed E-state index contributed by atoms with van der Waals surface area (Å²) in [4.78, 5) is 0. The zero-order chi connectivity index (χ0) is 18.0. The Hall–Kier alpha value is -1.12. The van der Waals surface area contributed by atoms with Gasteiger partial charge >= 0.3 is 0 Å². The summed E-state index contributed by atoms with van der Waals surface area (Å²) in [5.74, 6) is 1.53. The van der Waals surface area contributed by atoms with Crippen LogP contribution < -0.4 is 4.74 Å². The van der Waals surface area contributed by atoms with Gasteiger partial charge in [-0.15, -0.1) is 0 Å². The van der Waals surface area contributed by atoms with Crippen LogP contribution in [0.15, 0.2) is 12.1 Å². The van der Waals surface area contributed by atoms with E-state index < -0.39 is 11.6 Å². The molecule has 0 aliphatic heterocycles. The molecule has 0 aromatic heterocycles. The van der Waals surface area contributed by atoms with Crippen LogP contribution in [-0.2, 0) is 0 Å². The topological polar surface area (TPSA) is 9.23 Å². The standard InChI is InChI=1S/C22H32F2O.H2/c1-14(2)25-22-20(23)12-19(13-21(22)24)18-10-8-17(9-11-18)16-6-4-15(3)5-7-16;/h12-18H,4-11H2,1-3H3;1H/i;1+1. The van der Waals surface area contributed by atoms with Crippen LogP contribution in [0.2, 0.25) is 0 Å². The van der Waals surface area contributed by atoms with Crippen LogP contribution in [0.5, 0.6) is 5.75 Å². The minimum absolute atomic E-state index is 0. The first kappa shape index (κ1) is 18.7. The molecule has 25 heavy (non-hydrogen) atoms. The lowest BCUT2D eigenvalue weighted by atomic mass is 9.68. The Balaban J connectivity index is 0.00000243. The van der Waals surface area contributed by atoms with E-state index in [1.807, 2.05) is 0 Å². The maximum absolute atomic E-state index is 14.3. The van der Waals surface area contributed by atoms with Crippen molar-refractivity contribution >= 4 is 0 Å². The Morgan fingerprint density at radius 2 is 1.36 bits per heavy atom. The van der Waals surface area contributed by atoms with E-state index >= 15 is 0 Å². The van der Waals surface area contributed by atoms with Crippen LogP contribution in [0.3, 0.4) is 0 Å². The molecular weight excluding hydrogens is 318 g/mol. The Kier molecular flexibility index (Phi) is 6.01. The van der Waals surface area contributed by atoms with Crippen molar-refractivity contribution in [2.45, 2.75) is 84.2 Å². The van der Waals surface area contributed by atoms with E-state index in [2.05, 4.69) is 6.92 Å². The fourth-order valence-corrected chi connectivity index (χ4v) is 4.84. The zero-order valence-corrected chi connectivity index (χ0v) is 15.9. The van der Waals surface area contributed by atoms with Crippen molar-refractivity contribution in [2.75, 3.05) is 0 Å². The van der Waals surface area contributed by atoms with Crippen LogP contribution >= 0.6 is 0 Å². The Morgan fingerprint density at radius 3 is 1.84 bits per heavy atom. The second-order valence-corrected chi connectivity index (χ2v) is 8.61. The van der Waals surface area contributed by atoms with Gasteiger partial charge in [-0.2, -0.15) is 0 Å². The van der Waals surface area contributed by atoms with E-state index in [1.54, 1.807) is 13.8 Å². The highest BCUT2D eigenvalue weighted by Gasteiger charge is 2.31. The van der Waals surface area contributed by atoms with Crippen LogP contribution in [0.4, 0.5) is 8.78 Å². The number of halogens is 2. The van der Waals surface area contributed by atoms with Crippen molar-refractivity contribution in [1.29, 1.82) is 0 Å². The van der Waals surface area contributed by atoms with Gasteiger partial charge in [-0.25, -0.2) is 8.78 Å². The number of hydrogen-bond acceptors (Lipinski definition) is 1. The molecule has 0 radical (unpaired) electrons. The van der Waals surface area contributed by atoms with Crippen molar-refractivity contribution in [3.8, 4) is 5.75 Å². The summed E-state index contributed by atoms with van der Waals surface area (Å²) in [6.45, 7) is 5.92. The molecule has 2 aliphatic rings. The van der Waals surface area contributed by atoms with Gasteiger partial charge in [-0.3, -0.25) is 0 Å². The average molecular weight is 354 g/mol. The molecule has 2 aliphatic carbocycles. The predicted molar refractivity (Wildman–Crippen MR) is 100 cm³/mol. The maximum Gasteiger partial charge on any atom is 0.191 e. The first-order valence-corrected chi connectivity index (χ1v) is 10.1. The summed E-state index contributed by atoms with van der Waals surface area (Å²) >= 11 is 0. The molecular formula is C22H34F2O. The van der Waals surface area contributed by atoms with Gasteiger partial charge < -0.3 is 4.74 Å². The summed E-state index contributed by atoms with van der Waals surface area (Å²) in [5, 5.41) is 0. The van der Waals surface area contributed by atoms with E-state index in [0.717, 1.165) is 36.2 Å². The summed E-state index contributed by atoms with van der Waals surface area (Å²) in [5.41, 5.74) is 0.807. The van der Waals surface area contributed by atoms with Crippen molar-refractivity contribution in [1.82, 2.24) is 0 Å². The largest absolute Gasteiger partial charge is 0.485 e. The normalized spacial score (nSPS) is 30.5. The van der Waals surface area contributed by atoms with E-state index in [9.17, 15) is 8.78 Å². The van der Waals surface area contributed by atoms with Crippen LogP contribution in [0, 0.1) is 29.4 Å². The van der Waals surface area contributed by atoms with Gasteiger partial charge in [0.2, 0.25) is 0 Å². The number of benzene rings is 1. The molecule has 2 saturated carbocycles. The molecule has 0 amide bonds. The fourth-order valence-electron chi connectivity index (χ4n) is 4.84. The van der Waals surface area contributed by atoms with Crippen LogP contribution in [0.1, 0.15) is 85.0 Å². The third-order valence-electron chi connectivity index (χ3n) is 6.34. The predicted octanol–water partition coefficient (Wildman–Crippen LogP) is 7.10. The highest BCUT2D eigenvalue weighted by atomic mass is 19.1. The lowest BCUT2D eigenvalue weighted by Gasteiger charge is -2.37. The monoisotopic (exact) mass is 353 g/mol. The smallest absolute Gasteiger partial charge is 0.191 e.